The van der Waals surface area contributed by atoms with Gasteiger partial charge >= 0.3 is 0 Å². The van der Waals surface area contributed by atoms with Gasteiger partial charge in [0.1, 0.15) is 0 Å². The Hall–Kier alpha value is -0.390. The first-order chi connectivity index (χ1) is 9.45. The van der Waals surface area contributed by atoms with Crippen molar-refractivity contribution < 1.29 is 0 Å². The number of rotatable bonds is 9. The van der Waals surface area contributed by atoms with E-state index in [9.17, 15) is 0 Å². The Labute approximate surface area is 132 Å². The van der Waals surface area contributed by atoms with E-state index >= 15 is 0 Å². The fourth-order valence-electron chi connectivity index (χ4n) is 2.27. The van der Waals surface area contributed by atoms with Gasteiger partial charge in [-0.05, 0) is 55.3 Å². The highest BCUT2D eigenvalue weighted by atomic mass is 79.9. The van der Waals surface area contributed by atoms with Gasteiger partial charge in [-0.3, -0.25) is 4.68 Å². The molecule has 1 N–H and O–H groups in total. The summed E-state index contributed by atoms with van der Waals surface area (Å²) in [6.45, 7) is 9.63. The zero-order valence-electron chi connectivity index (χ0n) is 13.5. The lowest BCUT2D eigenvalue weighted by atomic mass is 10.0. The Bertz CT molecular complexity index is 387. The minimum atomic E-state index is 0.376. The summed E-state index contributed by atoms with van der Waals surface area (Å²) in [4.78, 5) is 2.19. The second-order valence-electron chi connectivity index (χ2n) is 5.99. The van der Waals surface area contributed by atoms with Crippen molar-refractivity contribution in [2.75, 3.05) is 27.2 Å². The normalized spacial score (nSPS) is 13.4. The lowest BCUT2D eigenvalue weighted by molar-refractivity contribution is 0.356. The summed E-state index contributed by atoms with van der Waals surface area (Å²) in [5.41, 5.74) is 1.29. The van der Waals surface area contributed by atoms with Crippen LogP contribution in [0.1, 0.15) is 45.3 Å². The van der Waals surface area contributed by atoms with E-state index < -0.39 is 0 Å². The first kappa shape index (κ1) is 17.7. The number of hydrogen-bond donors (Lipinski definition) is 1. The number of nitrogens with zero attached hydrogens (tertiary/aromatic N) is 3. The molecule has 1 heterocycles. The quantitative estimate of drug-likeness (QED) is 0.746. The van der Waals surface area contributed by atoms with Crippen molar-refractivity contribution >= 4 is 15.9 Å². The van der Waals surface area contributed by atoms with E-state index in [-0.39, 0.29) is 0 Å². The van der Waals surface area contributed by atoms with Crippen LogP contribution >= 0.6 is 15.9 Å². The number of aromatic nitrogens is 2. The van der Waals surface area contributed by atoms with Gasteiger partial charge in [-0.1, -0.05) is 20.8 Å². The molecule has 0 radical (unpaired) electrons. The van der Waals surface area contributed by atoms with Gasteiger partial charge in [0.25, 0.3) is 0 Å². The molecule has 0 aliphatic carbocycles. The molecule has 0 fully saturated rings. The van der Waals surface area contributed by atoms with Gasteiger partial charge in [0.2, 0.25) is 0 Å². The monoisotopic (exact) mass is 344 g/mol. The summed E-state index contributed by atoms with van der Waals surface area (Å²) in [6.07, 6.45) is 4.30. The Morgan fingerprint density at radius 1 is 1.35 bits per heavy atom. The molecule has 0 aromatic carbocycles. The maximum atomic E-state index is 4.52. The third-order valence-electron chi connectivity index (χ3n) is 3.41. The van der Waals surface area contributed by atoms with E-state index in [4.69, 9.17) is 0 Å². The smallest absolute Gasteiger partial charge is 0.0696 e. The molecule has 1 aromatic heterocycles. The van der Waals surface area contributed by atoms with Crippen molar-refractivity contribution in [2.45, 2.75) is 46.2 Å². The first-order valence-electron chi connectivity index (χ1n) is 7.55. The number of likely N-dealkylation sites (N-methyl/N-ethyl adjacent to an activating group) is 1. The summed E-state index contributed by atoms with van der Waals surface area (Å²) >= 11 is 3.66. The van der Waals surface area contributed by atoms with Crippen molar-refractivity contribution in [3.63, 3.8) is 0 Å². The molecular formula is C15H29BrN4. The van der Waals surface area contributed by atoms with Gasteiger partial charge in [0.15, 0.2) is 0 Å². The molecule has 4 nitrogen and oxygen atoms in total. The Morgan fingerprint density at radius 3 is 2.60 bits per heavy atom. The lowest BCUT2D eigenvalue weighted by Crippen LogP contribution is -2.27. The highest BCUT2D eigenvalue weighted by molar-refractivity contribution is 9.10. The highest BCUT2D eigenvalue weighted by Gasteiger charge is 2.19. The summed E-state index contributed by atoms with van der Waals surface area (Å²) in [7, 11) is 4.19. The minimum absolute atomic E-state index is 0.376. The van der Waals surface area contributed by atoms with E-state index in [1.54, 1.807) is 0 Å². The molecule has 0 saturated heterocycles. The van der Waals surface area contributed by atoms with Gasteiger partial charge in [0, 0.05) is 6.54 Å². The van der Waals surface area contributed by atoms with Crippen LogP contribution in [0.4, 0.5) is 0 Å². The second kappa shape index (κ2) is 8.80. The molecular weight excluding hydrogens is 316 g/mol. The first-order valence-corrected chi connectivity index (χ1v) is 8.34. The molecule has 0 amide bonds. The molecule has 1 atom stereocenters. The Morgan fingerprint density at radius 2 is 2.05 bits per heavy atom. The topological polar surface area (TPSA) is 33.1 Å². The zero-order chi connectivity index (χ0) is 15.1. The molecule has 0 saturated carbocycles. The van der Waals surface area contributed by atoms with Gasteiger partial charge in [-0.2, -0.15) is 5.10 Å². The van der Waals surface area contributed by atoms with Crippen LogP contribution in [0, 0.1) is 5.92 Å². The molecule has 20 heavy (non-hydrogen) atoms. The average Bonchev–Trinajstić information content (AvgIpc) is 2.73. The van der Waals surface area contributed by atoms with Crippen molar-refractivity contribution in [1.29, 1.82) is 0 Å². The maximum absolute atomic E-state index is 4.52. The fraction of sp³-hybridized carbons (Fsp3) is 0.800. The predicted octanol–water partition coefficient (Wildman–Crippen LogP) is 3.29. The third-order valence-corrected chi connectivity index (χ3v) is 4.02. The van der Waals surface area contributed by atoms with Crippen LogP contribution in [-0.4, -0.2) is 41.9 Å². The van der Waals surface area contributed by atoms with Crippen LogP contribution < -0.4 is 5.32 Å². The summed E-state index contributed by atoms with van der Waals surface area (Å²) in [5, 5.41) is 8.13. The number of halogens is 1. The van der Waals surface area contributed by atoms with E-state index in [1.165, 1.54) is 12.1 Å². The molecule has 1 unspecified atom stereocenters. The van der Waals surface area contributed by atoms with Crippen molar-refractivity contribution in [3.8, 4) is 0 Å². The molecule has 1 rings (SSSR count). The van der Waals surface area contributed by atoms with Crippen LogP contribution in [0.25, 0.3) is 0 Å². The molecule has 0 aliphatic heterocycles. The number of nitrogens with one attached hydrogen (secondary N) is 1. The van der Waals surface area contributed by atoms with Crippen molar-refractivity contribution in [2.24, 2.45) is 5.92 Å². The van der Waals surface area contributed by atoms with Gasteiger partial charge in [-0.25, -0.2) is 0 Å². The van der Waals surface area contributed by atoms with Crippen LogP contribution in [0.15, 0.2) is 10.7 Å². The third kappa shape index (κ3) is 5.54. The van der Waals surface area contributed by atoms with Crippen LogP contribution in [-0.2, 0) is 6.54 Å². The lowest BCUT2D eigenvalue weighted by Gasteiger charge is -2.22. The standard InChI is InChI=1S/C15H29BrN4/c1-6-17-14(8-7-12(2)3)15-13(16)11-18-20(15)10-9-19(4)5/h11-12,14,17H,6-10H2,1-5H3. The highest BCUT2D eigenvalue weighted by Crippen LogP contribution is 2.27. The predicted molar refractivity (Wildman–Crippen MR) is 89.0 cm³/mol. The summed E-state index contributed by atoms with van der Waals surface area (Å²) in [5.74, 6) is 0.730. The largest absolute Gasteiger partial charge is 0.309 e. The van der Waals surface area contributed by atoms with Gasteiger partial charge < -0.3 is 10.2 Å². The molecule has 0 spiro atoms. The molecule has 5 heteroatoms. The van der Waals surface area contributed by atoms with Crippen molar-refractivity contribution in [1.82, 2.24) is 20.0 Å². The zero-order valence-corrected chi connectivity index (χ0v) is 15.1. The minimum Gasteiger partial charge on any atom is -0.309 e. The second-order valence-corrected chi connectivity index (χ2v) is 6.84. The average molecular weight is 345 g/mol. The van der Waals surface area contributed by atoms with Gasteiger partial charge in [0.05, 0.1) is 29.0 Å². The van der Waals surface area contributed by atoms with Gasteiger partial charge in [-0.15, -0.1) is 0 Å². The Balaban J connectivity index is 2.84. The van der Waals surface area contributed by atoms with Crippen LogP contribution in [0.2, 0.25) is 0 Å². The molecule has 116 valence electrons. The number of hydrogen-bond acceptors (Lipinski definition) is 3. The maximum Gasteiger partial charge on any atom is 0.0696 e. The molecule has 0 aliphatic rings. The van der Waals surface area contributed by atoms with Crippen molar-refractivity contribution in [3.05, 3.63) is 16.4 Å². The fourth-order valence-corrected chi connectivity index (χ4v) is 2.85. The van der Waals surface area contributed by atoms with E-state index in [2.05, 4.69) is 70.8 Å². The molecule has 0 bridgehead atoms. The SMILES string of the molecule is CCNC(CCC(C)C)c1c(Br)cnn1CCN(C)C. The molecule has 1 aromatic rings. The van der Waals surface area contributed by atoms with Crippen LogP contribution in [0.3, 0.4) is 0 Å². The van der Waals surface area contributed by atoms with E-state index in [0.29, 0.717) is 6.04 Å². The van der Waals surface area contributed by atoms with E-state index in [1.807, 2.05) is 6.20 Å². The van der Waals surface area contributed by atoms with E-state index in [0.717, 1.165) is 36.4 Å². The summed E-state index contributed by atoms with van der Waals surface area (Å²) < 4.78 is 3.25. The van der Waals surface area contributed by atoms with Crippen LogP contribution in [0.5, 0.6) is 0 Å². The summed E-state index contributed by atoms with van der Waals surface area (Å²) in [6, 6.07) is 0.376. The Kier molecular flexibility index (Phi) is 7.77.